The highest BCUT2D eigenvalue weighted by atomic mass is 35.5. The minimum Gasteiger partial charge on any atom is -0.344 e. The number of rotatable bonds is 2. The lowest BCUT2D eigenvalue weighted by Crippen LogP contribution is -2.12. The van der Waals surface area contributed by atoms with Gasteiger partial charge in [-0.05, 0) is 0 Å². The lowest BCUT2D eigenvalue weighted by Gasteiger charge is -2.14. The molecule has 0 aliphatic carbocycles. The van der Waals surface area contributed by atoms with Crippen LogP contribution in [-0.2, 0) is 14.9 Å². The summed E-state index contributed by atoms with van der Waals surface area (Å²) in [6.07, 6.45) is -0.345. The van der Waals surface area contributed by atoms with Crippen molar-refractivity contribution in [1.29, 1.82) is 0 Å². The van der Waals surface area contributed by atoms with Crippen LogP contribution in [0, 0.1) is 0 Å². The van der Waals surface area contributed by atoms with E-state index in [9.17, 15) is 0 Å². The van der Waals surface area contributed by atoms with Gasteiger partial charge < -0.3 is 9.47 Å². The summed E-state index contributed by atoms with van der Waals surface area (Å²) in [5.41, 5.74) is 0.940. The van der Waals surface area contributed by atoms with Gasteiger partial charge in [0.05, 0.1) is 23.6 Å². The number of halogens is 1. The summed E-state index contributed by atoms with van der Waals surface area (Å²) in [5.74, 6) is 0.465. The molecule has 0 saturated carbocycles. The maximum absolute atomic E-state index is 5.72. The Kier molecular flexibility index (Phi) is 3.54. The smallest absolute Gasteiger partial charge is 0.202 e. The van der Waals surface area contributed by atoms with Crippen LogP contribution in [-0.4, -0.2) is 23.6 Å². The van der Waals surface area contributed by atoms with E-state index in [0.717, 1.165) is 10.7 Å². The summed E-state index contributed by atoms with van der Waals surface area (Å²) in [6, 6.07) is 0. The van der Waals surface area contributed by atoms with Crippen molar-refractivity contribution >= 4 is 22.9 Å². The molecule has 5 heteroatoms. The SMILES string of the molecule is CC(C)(C)c1nc(C2OCC(CCl)O2)cs1. The largest absolute Gasteiger partial charge is 0.344 e. The average molecular weight is 262 g/mol. The molecule has 2 unspecified atom stereocenters. The minimum atomic E-state index is -0.337. The van der Waals surface area contributed by atoms with Crippen molar-refractivity contribution in [3.8, 4) is 0 Å². The van der Waals surface area contributed by atoms with Crippen molar-refractivity contribution in [1.82, 2.24) is 4.98 Å². The minimum absolute atomic E-state index is 0.00791. The fraction of sp³-hybridized carbons (Fsp3) is 0.727. The topological polar surface area (TPSA) is 31.4 Å². The number of hydrogen-bond acceptors (Lipinski definition) is 4. The predicted molar refractivity (Wildman–Crippen MR) is 65.1 cm³/mol. The first-order valence-corrected chi connectivity index (χ1v) is 6.71. The second kappa shape index (κ2) is 4.61. The normalized spacial score (nSPS) is 26.2. The Morgan fingerprint density at radius 2 is 2.31 bits per heavy atom. The van der Waals surface area contributed by atoms with Crippen LogP contribution in [0.5, 0.6) is 0 Å². The summed E-state index contributed by atoms with van der Waals surface area (Å²) in [5, 5.41) is 3.10. The monoisotopic (exact) mass is 261 g/mol. The molecule has 1 fully saturated rings. The Bertz CT molecular complexity index is 361. The van der Waals surface area contributed by atoms with Gasteiger partial charge in [0.25, 0.3) is 0 Å². The third-order valence-electron chi connectivity index (χ3n) is 2.33. The molecule has 0 radical (unpaired) electrons. The van der Waals surface area contributed by atoms with E-state index in [1.165, 1.54) is 0 Å². The van der Waals surface area contributed by atoms with Crippen molar-refractivity contribution in [2.45, 2.75) is 38.6 Å². The highest BCUT2D eigenvalue weighted by Gasteiger charge is 2.29. The molecule has 0 aromatic carbocycles. The van der Waals surface area contributed by atoms with Crippen molar-refractivity contribution in [3.05, 3.63) is 16.1 Å². The van der Waals surface area contributed by atoms with E-state index in [0.29, 0.717) is 12.5 Å². The van der Waals surface area contributed by atoms with Crippen LogP contribution in [0.2, 0.25) is 0 Å². The van der Waals surface area contributed by atoms with Crippen LogP contribution in [0.25, 0.3) is 0 Å². The Morgan fingerprint density at radius 1 is 1.56 bits per heavy atom. The van der Waals surface area contributed by atoms with E-state index in [1.54, 1.807) is 11.3 Å². The first-order valence-electron chi connectivity index (χ1n) is 5.29. The Balaban J connectivity index is 2.08. The number of hydrogen-bond donors (Lipinski definition) is 0. The molecule has 2 atom stereocenters. The molecule has 1 aromatic rings. The quantitative estimate of drug-likeness (QED) is 0.767. The third-order valence-corrected chi connectivity index (χ3v) is 3.96. The predicted octanol–water partition coefficient (Wildman–Crippen LogP) is 3.09. The van der Waals surface area contributed by atoms with Crippen LogP contribution >= 0.6 is 22.9 Å². The lowest BCUT2D eigenvalue weighted by molar-refractivity contribution is -0.0594. The molecule has 16 heavy (non-hydrogen) atoms. The lowest BCUT2D eigenvalue weighted by atomic mass is 9.98. The summed E-state index contributed by atoms with van der Waals surface area (Å²) in [6.45, 7) is 6.99. The van der Waals surface area contributed by atoms with Crippen LogP contribution in [0.3, 0.4) is 0 Å². The van der Waals surface area contributed by atoms with Crippen molar-refractivity contribution in [2.24, 2.45) is 0 Å². The van der Waals surface area contributed by atoms with Gasteiger partial charge in [0, 0.05) is 10.8 Å². The fourth-order valence-corrected chi connectivity index (χ4v) is 2.49. The zero-order valence-electron chi connectivity index (χ0n) is 9.70. The maximum atomic E-state index is 5.72. The van der Waals surface area contributed by atoms with Crippen molar-refractivity contribution in [3.63, 3.8) is 0 Å². The van der Waals surface area contributed by atoms with Crippen molar-refractivity contribution in [2.75, 3.05) is 12.5 Å². The molecule has 1 aromatic heterocycles. The van der Waals surface area contributed by atoms with E-state index >= 15 is 0 Å². The molecule has 0 spiro atoms. The molecule has 2 rings (SSSR count). The van der Waals surface area contributed by atoms with Gasteiger partial charge in [-0.3, -0.25) is 0 Å². The molecule has 0 N–H and O–H groups in total. The highest BCUT2D eigenvalue weighted by Crippen LogP contribution is 2.32. The van der Waals surface area contributed by atoms with Crippen LogP contribution in [0.15, 0.2) is 5.38 Å². The summed E-state index contributed by atoms with van der Waals surface area (Å²) in [4.78, 5) is 4.56. The number of aromatic nitrogens is 1. The third kappa shape index (κ3) is 2.56. The van der Waals surface area contributed by atoms with Gasteiger partial charge in [-0.1, -0.05) is 20.8 Å². The number of alkyl halides is 1. The zero-order chi connectivity index (χ0) is 11.8. The number of nitrogens with zero attached hydrogens (tertiary/aromatic N) is 1. The van der Waals surface area contributed by atoms with Gasteiger partial charge in [0.15, 0.2) is 0 Å². The maximum Gasteiger partial charge on any atom is 0.202 e. The van der Waals surface area contributed by atoms with Gasteiger partial charge in [0.1, 0.15) is 5.69 Å². The van der Waals surface area contributed by atoms with Crippen LogP contribution in [0.4, 0.5) is 0 Å². The molecular formula is C11H16ClNO2S. The molecule has 1 saturated heterocycles. The van der Waals surface area contributed by atoms with Gasteiger partial charge >= 0.3 is 0 Å². The molecule has 3 nitrogen and oxygen atoms in total. The van der Waals surface area contributed by atoms with E-state index in [1.807, 2.05) is 5.38 Å². The van der Waals surface area contributed by atoms with Crippen LogP contribution in [0.1, 0.15) is 37.8 Å². The van der Waals surface area contributed by atoms with Crippen molar-refractivity contribution < 1.29 is 9.47 Å². The fourth-order valence-electron chi connectivity index (χ4n) is 1.42. The number of thiazole rings is 1. The van der Waals surface area contributed by atoms with E-state index in [4.69, 9.17) is 21.1 Å². The van der Waals surface area contributed by atoms with E-state index in [2.05, 4.69) is 25.8 Å². The second-order valence-corrected chi connectivity index (χ2v) is 6.07. The van der Waals surface area contributed by atoms with Crippen LogP contribution < -0.4 is 0 Å². The molecule has 0 bridgehead atoms. The molecule has 90 valence electrons. The second-order valence-electron chi connectivity index (χ2n) is 4.91. The zero-order valence-corrected chi connectivity index (χ0v) is 11.3. The van der Waals surface area contributed by atoms with Gasteiger partial charge in [0.2, 0.25) is 6.29 Å². The Morgan fingerprint density at radius 3 is 2.81 bits per heavy atom. The molecule has 1 aliphatic rings. The average Bonchev–Trinajstić information content (AvgIpc) is 2.85. The van der Waals surface area contributed by atoms with E-state index in [-0.39, 0.29) is 17.8 Å². The Hall–Kier alpha value is -0.160. The molecule has 1 aliphatic heterocycles. The van der Waals surface area contributed by atoms with Gasteiger partial charge in [-0.25, -0.2) is 4.98 Å². The molecule has 2 heterocycles. The van der Waals surface area contributed by atoms with Gasteiger partial charge in [-0.2, -0.15) is 0 Å². The molecule has 0 amide bonds. The Labute approximate surface area is 105 Å². The summed E-state index contributed by atoms with van der Waals surface area (Å²) in [7, 11) is 0. The first-order chi connectivity index (χ1) is 7.50. The first kappa shape index (κ1) is 12.3. The molecular weight excluding hydrogens is 246 g/mol. The number of ether oxygens (including phenoxy) is 2. The standard InChI is InChI=1S/C11H16ClNO2S/c1-11(2,3)10-13-8(6-16-10)9-14-5-7(4-12)15-9/h6-7,9H,4-5H2,1-3H3. The summed E-state index contributed by atoms with van der Waals surface area (Å²) < 4.78 is 11.1. The van der Waals surface area contributed by atoms with E-state index < -0.39 is 0 Å². The highest BCUT2D eigenvalue weighted by molar-refractivity contribution is 7.09. The summed E-state index contributed by atoms with van der Waals surface area (Å²) >= 11 is 7.36. The van der Waals surface area contributed by atoms with Gasteiger partial charge in [-0.15, -0.1) is 22.9 Å².